The fraction of sp³-hybridized carbons (Fsp3) is 0.737. The highest BCUT2D eigenvalue weighted by atomic mass is 16.6. The van der Waals surface area contributed by atoms with E-state index in [1.54, 1.807) is 0 Å². The highest BCUT2D eigenvalue weighted by molar-refractivity contribution is 5.81. The van der Waals surface area contributed by atoms with Crippen molar-refractivity contribution in [1.29, 1.82) is 0 Å². The van der Waals surface area contributed by atoms with Crippen LogP contribution in [-0.4, -0.2) is 59.9 Å². The molecule has 3 heterocycles. The molecule has 2 unspecified atom stereocenters. The summed E-state index contributed by atoms with van der Waals surface area (Å²) in [5.74, 6) is 0.703. The van der Waals surface area contributed by atoms with Crippen LogP contribution in [0.3, 0.4) is 0 Å². The lowest BCUT2D eigenvalue weighted by molar-refractivity contribution is -0.130. The number of nitrogens with one attached hydrogen (secondary N) is 1. The van der Waals surface area contributed by atoms with Crippen LogP contribution in [0.15, 0.2) is 6.07 Å². The molecule has 2 atom stereocenters. The van der Waals surface area contributed by atoms with Gasteiger partial charge in [-0.25, -0.2) is 9.97 Å². The monoisotopic (exact) mass is 362 g/mol. The van der Waals surface area contributed by atoms with Gasteiger partial charge in [0, 0.05) is 30.4 Å². The van der Waals surface area contributed by atoms with Crippen molar-refractivity contribution in [3.8, 4) is 0 Å². The summed E-state index contributed by atoms with van der Waals surface area (Å²) < 4.78 is 11.9. The number of ether oxygens (including phenoxy) is 2. The maximum atomic E-state index is 12.5. The lowest BCUT2D eigenvalue weighted by Gasteiger charge is -2.39. The van der Waals surface area contributed by atoms with Crippen LogP contribution in [-0.2, 0) is 14.3 Å². The van der Waals surface area contributed by atoms with Crippen molar-refractivity contribution in [2.45, 2.75) is 64.7 Å². The van der Waals surface area contributed by atoms with Crippen LogP contribution >= 0.6 is 0 Å². The molecule has 0 saturated carbocycles. The number of carbonyl (C=O) groups is 1. The SMILES string of the molecule is CCC(CC)NC(=O)C1CC2(CO1)CN(c1nc(C)cc(C)n1)CCO2. The smallest absolute Gasteiger partial charge is 0.249 e. The van der Waals surface area contributed by atoms with Crippen molar-refractivity contribution >= 4 is 11.9 Å². The first-order valence-electron chi connectivity index (χ1n) is 9.58. The molecule has 26 heavy (non-hydrogen) atoms. The Morgan fingerprint density at radius 2 is 2.04 bits per heavy atom. The summed E-state index contributed by atoms with van der Waals surface area (Å²) in [7, 11) is 0. The molecule has 0 aliphatic carbocycles. The number of rotatable bonds is 5. The van der Waals surface area contributed by atoms with Crippen LogP contribution in [0.1, 0.15) is 44.5 Å². The third kappa shape index (κ3) is 4.15. The van der Waals surface area contributed by atoms with Crippen molar-refractivity contribution in [3.05, 3.63) is 17.5 Å². The largest absolute Gasteiger partial charge is 0.369 e. The molecule has 1 spiro atoms. The Morgan fingerprint density at radius 3 is 2.69 bits per heavy atom. The fourth-order valence-electron chi connectivity index (χ4n) is 3.74. The Kier molecular flexibility index (Phi) is 5.77. The number of anilines is 1. The van der Waals surface area contributed by atoms with Gasteiger partial charge in [-0.2, -0.15) is 0 Å². The van der Waals surface area contributed by atoms with Crippen molar-refractivity contribution in [3.63, 3.8) is 0 Å². The van der Waals surface area contributed by atoms with Gasteiger partial charge in [0.1, 0.15) is 11.7 Å². The molecule has 7 heteroatoms. The number of hydrogen-bond donors (Lipinski definition) is 1. The van der Waals surface area contributed by atoms with E-state index in [9.17, 15) is 4.79 Å². The highest BCUT2D eigenvalue weighted by Gasteiger charge is 2.47. The van der Waals surface area contributed by atoms with E-state index in [0.717, 1.165) is 36.7 Å². The first kappa shape index (κ1) is 19.0. The quantitative estimate of drug-likeness (QED) is 0.860. The lowest BCUT2D eigenvalue weighted by atomic mass is 9.97. The summed E-state index contributed by atoms with van der Waals surface area (Å²) in [6.45, 7) is 10.5. The maximum absolute atomic E-state index is 12.5. The maximum Gasteiger partial charge on any atom is 0.249 e. The normalized spacial score (nSPS) is 25.9. The van der Waals surface area contributed by atoms with E-state index in [-0.39, 0.29) is 11.9 Å². The van der Waals surface area contributed by atoms with Gasteiger partial charge >= 0.3 is 0 Å². The molecule has 2 fully saturated rings. The van der Waals surface area contributed by atoms with Gasteiger partial charge in [0.05, 0.1) is 19.8 Å². The molecular formula is C19H30N4O3. The Bertz CT molecular complexity index is 629. The van der Waals surface area contributed by atoms with Crippen molar-refractivity contribution in [2.75, 3.05) is 31.2 Å². The van der Waals surface area contributed by atoms with E-state index in [4.69, 9.17) is 9.47 Å². The summed E-state index contributed by atoms with van der Waals surface area (Å²) in [6.07, 6.45) is 1.97. The number of aryl methyl sites for hydroxylation is 2. The number of aromatic nitrogens is 2. The van der Waals surface area contributed by atoms with E-state index in [2.05, 4.69) is 34.0 Å². The van der Waals surface area contributed by atoms with Gasteiger partial charge in [-0.05, 0) is 32.8 Å². The van der Waals surface area contributed by atoms with Gasteiger partial charge in [0.2, 0.25) is 11.9 Å². The van der Waals surface area contributed by atoms with Gasteiger partial charge in [0.15, 0.2) is 0 Å². The topological polar surface area (TPSA) is 76.6 Å². The summed E-state index contributed by atoms with van der Waals surface area (Å²) in [4.78, 5) is 23.8. The summed E-state index contributed by atoms with van der Waals surface area (Å²) in [5.41, 5.74) is 1.45. The predicted molar refractivity (Wildman–Crippen MR) is 99.3 cm³/mol. The van der Waals surface area contributed by atoms with Crippen molar-refractivity contribution < 1.29 is 14.3 Å². The van der Waals surface area contributed by atoms with Gasteiger partial charge in [-0.15, -0.1) is 0 Å². The number of nitrogens with zero attached hydrogens (tertiary/aromatic N) is 3. The minimum absolute atomic E-state index is 0.0288. The van der Waals surface area contributed by atoms with Gasteiger partial charge in [-0.1, -0.05) is 13.8 Å². The van der Waals surface area contributed by atoms with Gasteiger partial charge < -0.3 is 19.7 Å². The average Bonchev–Trinajstić information content (AvgIpc) is 3.02. The Labute approximate surface area is 155 Å². The first-order chi connectivity index (χ1) is 12.4. The second-order valence-electron chi connectivity index (χ2n) is 7.43. The van der Waals surface area contributed by atoms with Crippen molar-refractivity contribution in [1.82, 2.24) is 15.3 Å². The van der Waals surface area contributed by atoms with E-state index >= 15 is 0 Å². The molecule has 0 radical (unpaired) electrons. The zero-order valence-electron chi connectivity index (χ0n) is 16.2. The van der Waals surface area contributed by atoms with E-state index in [1.165, 1.54) is 0 Å². The molecule has 1 aromatic heterocycles. The van der Waals surface area contributed by atoms with Crippen LogP contribution in [0.2, 0.25) is 0 Å². The summed E-state index contributed by atoms with van der Waals surface area (Å²) in [6, 6.07) is 2.17. The van der Waals surface area contributed by atoms with Gasteiger partial charge in [0.25, 0.3) is 0 Å². The molecule has 144 valence electrons. The average molecular weight is 362 g/mol. The molecule has 0 aromatic carbocycles. The Morgan fingerprint density at radius 1 is 1.35 bits per heavy atom. The van der Waals surface area contributed by atoms with Crippen LogP contribution in [0, 0.1) is 13.8 Å². The Hall–Kier alpha value is -1.73. The van der Waals surface area contributed by atoms with E-state index < -0.39 is 11.7 Å². The predicted octanol–water partition coefficient (Wildman–Crippen LogP) is 1.76. The standard InChI is InChI=1S/C19H30N4O3/c1-5-15(6-2)22-17(24)16-10-19(12-25-16)11-23(7-8-26-19)18-20-13(3)9-14(4)21-18/h9,15-16H,5-8,10-12H2,1-4H3,(H,22,24). The lowest BCUT2D eigenvalue weighted by Crippen LogP contribution is -2.53. The first-order valence-corrected chi connectivity index (χ1v) is 9.58. The molecule has 1 amide bonds. The van der Waals surface area contributed by atoms with Crippen LogP contribution in [0.5, 0.6) is 0 Å². The highest BCUT2D eigenvalue weighted by Crippen LogP contribution is 2.32. The second kappa shape index (κ2) is 7.88. The number of hydrogen-bond acceptors (Lipinski definition) is 6. The number of morpholine rings is 1. The fourth-order valence-corrected chi connectivity index (χ4v) is 3.74. The van der Waals surface area contributed by atoms with Crippen molar-refractivity contribution in [2.24, 2.45) is 0 Å². The minimum Gasteiger partial charge on any atom is -0.369 e. The zero-order chi connectivity index (χ0) is 18.7. The molecule has 0 bridgehead atoms. The number of carbonyl (C=O) groups excluding carboxylic acids is 1. The molecule has 7 nitrogen and oxygen atoms in total. The van der Waals surface area contributed by atoms with Crippen LogP contribution in [0.4, 0.5) is 5.95 Å². The molecule has 1 N–H and O–H groups in total. The third-order valence-electron chi connectivity index (χ3n) is 5.23. The van der Waals surface area contributed by atoms with E-state index in [0.29, 0.717) is 26.2 Å². The molecule has 1 aromatic rings. The number of amides is 1. The zero-order valence-corrected chi connectivity index (χ0v) is 16.2. The van der Waals surface area contributed by atoms with Crippen LogP contribution in [0.25, 0.3) is 0 Å². The second-order valence-corrected chi connectivity index (χ2v) is 7.43. The summed E-state index contributed by atoms with van der Waals surface area (Å²) >= 11 is 0. The molecular weight excluding hydrogens is 332 g/mol. The Balaban J connectivity index is 1.66. The third-order valence-corrected chi connectivity index (χ3v) is 5.23. The molecule has 3 rings (SSSR count). The summed E-state index contributed by atoms with van der Waals surface area (Å²) in [5, 5.41) is 3.08. The molecule has 2 aliphatic heterocycles. The molecule has 2 aliphatic rings. The van der Waals surface area contributed by atoms with Crippen LogP contribution < -0.4 is 10.2 Å². The van der Waals surface area contributed by atoms with E-state index in [1.807, 2.05) is 19.9 Å². The minimum atomic E-state index is -0.463. The van der Waals surface area contributed by atoms with Gasteiger partial charge in [-0.3, -0.25) is 4.79 Å². The molecule has 2 saturated heterocycles.